The molecule has 1 rings (SSSR count). The van der Waals surface area contributed by atoms with Gasteiger partial charge in [0.1, 0.15) is 11.6 Å². The maximum Gasteiger partial charge on any atom is 0.126 e. The second kappa shape index (κ2) is 5.82. The molecule has 0 radical (unpaired) electrons. The molecular weight excluding hydrogens is 209 g/mol. The first-order chi connectivity index (χ1) is 7.59. The van der Waals surface area contributed by atoms with Gasteiger partial charge in [-0.3, -0.25) is 0 Å². The summed E-state index contributed by atoms with van der Waals surface area (Å²) in [6, 6.07) is 5.99. The summed E-state index contributed by atoms with van der Waals surface area (Å²) in [5, 5.41) is 9.13. The molecule has 1 unspecified atom stereocenters. The highest BCUT2D eigenvalue weighted by Crippen LogP contribution is 2.20. The van der Waals surface area contributed by atoms with Crippen molar-refractivity contribution < 1.29 is 14.2 Å². The molecule has 4 heteroatoms. The predicted molar refractivity (Wildman–Crippen MR) is 60.8 cm³/mol. The van der Waals surface area contributed by atoms with Gasteiger partial charge in [-0.15, -0.1) is 0 Å². The Kier molecular flexibility index (Phi) is 4.71. The normalized spacial score (nSPS) is 14.5. The summed E-state index contributed by atoms with van der Waals surface area (Å²) in [4.78, 5) is 0. The van der Waals surface area contributed by atoms with Crippen LogP contribution in [0.3, 0.4) is 0 Å². The van der Waals surface area contributed by atoms with Crippen molar-refractivity contribution in [2.24, 2.45) is 11.1 Å². The van der Waals surface area contributed by atoms with Crippen LogP contribution in [0.4, 0.5) is 4.39 Å². The summed E-state index contributed by atoms with van der Waals surface area (Å²) >= 11 is 0. The van der Waals surface area contributed by atoms with E-state index in [2.05, 4.69) is 0 Å². The summed E-state index contributed by atoms with van der Waals surface area (Å²) < 4.78 is 18.2. The fraction of sp³-hybridized carbons (Fsp3) is 0.500. The number of hydrogen-bond acceptors (Lipinski definition) is 3. The Labute approximate surface area is 95.0 Å². The standard InChI is InChI=1S/C12H18FNO2/c1-12(8-14,9-15)5-6-16-11-4-2-3-10(13)7-11/h2-4,7,15H,5-6,8-9,14H2,1H3. The van der Waals surface area contributed by atoms with E-state index in [4.69, 9.17) is 15.6 Å². The van der Waals surface area contributed by atoms with Crippen molar-refractivity contribution in [2.45, 2.75) is 13.3 Å². The lowest BCUT2D eigenvalue weighted by atomic mass is 9.88. The highest BCUT2D eigenvalue weighted by atomic mass is 19.1. The van der Waals surface area contributed by atoms with Crippen molar-refractivity contribution in [3.63, 3.8) is 0 Å². The zero-order chi connectivity index (χ0) is 12.0. The first kappa shape index (κ1) is 12.9. The van der Waals surface area contributed by atoms with Crippen LogP contribution in [0.5, 0.6) is 5.75 Å². The van der Waals surface area contributed by atoms with Gasteiger partial charge in [0.2, 0.25) is 0 Å². The number of aliphatic hydroxyl groups is 1. The topological polar surface area (TPSA) is 55.5 Å². The lowest BCUT2D eigenvalue weighted by Crippen LogP contribution is -2.32. The number of rotatable bonds is 6. The van der Waals surface area contributed by atoms with E-state index in [1.54, 1.807) is 12.1 Å². The Morgan fingerprint density at radius 2 is 2.25 bits per heavy atom. The van der Waals surface area contributed by atoms with Gasteiger partial charge in [0, 0.05) is 24.6 Å². The fourth-order valence-corrected chi connectivity index (χ4v) is 1.22. The van der Waals surface area contributed by atoms with E-state index < -0.39 is 0 Å². The van der Waals surface area contributed by atoms with Gasteiger partial charge >= 0.3 is 0 Å². The molecule has 16 heavy (non-hydrogen) atoms. The molecule has 0 heterocycles. The fourth-order valence-electron chi connectivity index (χ4n) is 1.22. The first-order valence-electron chi connectivity index (χ1n) is 5.29. The molecule has 0 fully saturated rings. The SMILES string of the molecule is CC(CN)(CO)CCOc1cccc(F)c1. The van der Waals surface area contributed by atoms with Gasteiger partial charge in [-0.05, 0) is 18.6 Å². The molecule has 0 aliphatic rings. The van der Waals surface area contributed by atoms with Gasteiger partial charge in [-0.2, -0.15) is 0 Å². The summed E-state index contributed by atoms with van der Waals surface area (Å²) in [6.45, 7) is 2.73. The van der Waals surface area contributed by atoms with Crippen LogP contribution in [0.1, 0.15) is 13.3 Å². The molecule has 0 aliphatic heterocycles. The molecule has 0 aromatic heterocycles. The Balaban J connectivity index is 2.41. The number of ether oxygens (including phenoxy) is 1. The molecule has 3 nitrogen and oxygen atoms in total. The Bertz CT molecular complexity index is 327. The van der Waals surface area contributed by atoms with E-state index in [0.717, 1.165) is 0 Å². The van der Waals surface area contributed by atoms with Crippen LogP contribution in [-0.2, 0) is 0 Å². The van der Waals surface area contributed by atoms with Crippen molar-refractivity contribution in [3.8, 4) is 5.75 Å². The minimum atomic E-state index is -0.326. The van der Waals surface area contributed by atoms with E-state index in [9.17, 15) is 4.39 Å². The average Bonchev–Trinajstić information content (AvgIpc) is 2.29. The van der Waals surface area contributed by atoms with Crippen molar-refractivity contribution in [2.75, 3.05) is 19.8 Å². The summed E-state index contributed by atoms with van der Waals surface area (Å²) in [5.41, 5.74) is 5.22. The number of nitrogens with two attached hydrogens (primary N) is 1. The van der Waals surface area contributed by atoms with Crippen LogP contribution in [0.15, 0.2) is 24.3 Å². The predicted octanol–water partition coefficient (Wildman–Crippen LogP) is 1.55. The number of hydrogen-bond donors (Lipinski definition) is 2. The molecule has 0 bridgehead atoms. The molecule has 3 N–H and O–H groups in total. The van der Waals surface area contributed by atoms with E-state index >= 15 is 0 Å². The molecule has 0 aliphatic carbocycles. The average molecular weight is 227 g/mol. The van der Waals surface area contributed by atoms with Gasteiger partial charge in [0.25, 0.3) is 0 Å². The van der Waals surface area contributed by atoms with Gasteiger partial charge in [-0.1, -0.05) is 13.0 Å². The molecule has 1 aromatic carbocycles. The van der Waals surface area contributed by atoms with Crippen LogP contribution in [0.2, 0.25) is 0 Å². The minimum absolute atomic E-state index is 0.0238. The minimum Gasteiger partial charge on any atom is -0.493 e. The van der Waals surface area contributed by atoms with Gasteiger partial charge in [0.05, 0.1) is 6.61 Å². The van der Waals surface area contributed by atoms with Gasteiger partial charge in [-0.25, -0.2) is 4.39 Å². The highest BCUT2D eigenvalue weighted by molar-refractivity contribution is 5.22. The third-order valence-electron chi connectivity index (χ3n) is 2.64. The van der Waals surface area contributed by atoms with E-state index in [1.807, 2.05) is 6.92 Å². The van der Waals surface area contributed by atoms with Gasteiger partial charge < -0.3 is 15.6 Å². The summed E-state index contributed by atoms with van der Waals surface area (Å²) in [6.07, 6.45) is 0.635. The van der Waals surface area contributed by atoms with Crippen LogP contribution in [0, 0.1) is 11.2 Å². The van der Waals surface area contributed by atoms with Crippen molar-refractivity contribution >= 4 is 0 Å². The monoisotopic (exact) mass is 227 g/mol. The Morgan fingerprint density at radius 3 is 2.81 bits per heavy atom. The third kappa shape index (κ3) is 3.79. The van der Waals surface area contributed by atoms with Crippen LogP contribution >= 0.6 is 0 Å². The largest absolute Gasteiger partial charge is 0.493 e. The maximum atomic E-state index is 12.8. The lowest BCUT2D eigenvalue weighted by molar-refractivity contribution is 0.119. The lowest BCUT2D eigenvalue weighted by Gasteiger charge is -2.24. The maximum absolute atomic E-state index is 12.8. The molecule has 0 saturated carbocycles. The molecule has 90 valence electrons. The van der Waals surface area contributed by atoms with Crippen molar-refractivity contribution in [1.82, 2.24) is 0 Å². The molecule has 0 spiro atoms. The van der Waals surface area contributed by atoms with Crippen LogP contribution in [0.25, 0.3) is 0 Å². The summed E-state index contributed by atoms with van der Waals surface area (Å²) in [5.74, 6) is 0.179. The summed E-state index contributed by atoms with van der Waals surface area (Å²) in [7, 11) is 0. The number of benzene rings is 1. The molecule has 1 atom stereocenters. The van der Waals surface area contributed by atoms with E-state index in [1.165, 1.54) is 12.1 Å². The van der Waals surface area contributed by atoms with Crippen molar-refractivity contribution in [3.05, 3.63) is 30.1 Å². The second-order valence-electron chi connectivity index (χ2n) is 4.23. The van der Waals surface area contributed by atoms with E-state index in [-0.39, 0.29) is 17.8 Å². The quantitative estimate of drug-likeness (QED) is 0.775. The Morgan fingerprint density at radius 1 is 1.50 bits per heavy atom. The Hall–Kier alpha value is -1.13. The smallest absolute Gasteiger partial charge is 0.126 e. The molecule has 1 aromatic rings. The number of halogens is 1. The van der Waals surface area contributed by atoms with Crippen LogP contribution in [-0.4, -0.2) is 24.9 Å². The van der Waals surface area contributed by atoms with Crippen LogP contribution < -0.4 is 10.5 Å². The molecule has 0 amide bonds. The number of aliphatic hydroxyl groups excluding tert-OH is 1. The van der Waals surface area contributed by atoms with Crippen molar-refractivity contribution in [1.29, 1.82) is 0 Å². The highest BCUT2D eigenvalue weighted by Gasteiger charge is 2.21. The van der Waals surface area contributed by atoms with Gasteiger partial charge in [0.15, 0.2) is 0 Å². The molecular formula is C12H18FNO2. The zero-order valence-corrected chi connectivity index (χ0v) is 9.45. The first-order valence-corrected chi connectivity index (χ1v) is 5.29. The second-order valence-corrected chi connectivity index (χ2v) is 4.23. The third-order valence-corrected chi connectivity index (χ3v) is 2.64. The molecule has 0 saturated heterocycles. The van der Waals surface area contributed by atoms with E-state index in [0.29, 0.717) is 25.3 Å². The zero-order valence-electron chi connectivity index (χ0n) is 9.45.